The molecular weight excluding hydrogens is 203 g/mol. The van der Waals surface area contributed by atoms with Crippen molar-refractivity contribution in [1.29, 1.82) is 0 Å². The number of aliphatic hydroxyl groups is 1. The summed E-state index contributed by atoms with van der Waals surface area (Å²) in [7, 11) is -0.744. The fourth-order valence-electron chi connectivity index (χ4n) is 2.51. The highest BCUT2D eigenvalue weighted by molar-refractivity contribution is 7.55. The lowest BCUT2D eigenvalue weighted by Gasteiger charge is -2.34. The summed E-state index contributed by atoms with van der Waals surface area (Å²) >= 11 is 0. The van der Waals surface area contributed by atoms with Crippen molar-refractivity contribution in [2.24, 2.45) is 11.8 Å². The van der Waals surface area contributed by atoms with E-state index in [2.05, 4.69) is 6.08 Å². The van der Waals surface area contributed by atoms with E-state index in [1.807, 2.05) is 6.08 Å². The standard InChI is InChI=1S/C9H15O4P/c1-12-14(11,13-2)9(10)6-7-3-4-8(9)5-7/h3-4,7-8,10H,5-6H2,1-2H3/t7-,8+,9+/m1/s1. The first kappa shape index (κ1) is 10.4. The van der Waals surface area contributed by atoms with Gasteiger partial charge in [-0.3, -0.25) is 4.57 Å². The summed E-state index contributed by atoms with van der Waals surface area (Å²) in [6, 6.07) is 0. The summed E-state index contributed by atoms with van der Waals surface area (Å²) in [6.07, 6.45) is 5.31. The van der Waals surface area contributed by atoms with Gasteiger partial charge >= 0.3 is 7.60 Å². The van der Waals surface area contributed by atoms with Crippen LogP contribution >= 0.6 is 7.60 Å². The maximum absolute atomic E-state index is 12.1. The lowest BCUT2D eigenvalue weighted by atomic mass is 10.0. The minimum atomic E-state index is -3.38. The first-order chi connectivity index (χ1) is 6.55. The first-order valence-electron chi connectivity index (χ1n) is 4.68. The van der Waals surface area contributed by atoms with Crippen LogP contribution in [0.25, 0.3) is 0 Å². The molecule has 0 aromatic carbocycles. The van der Waals surface area contributed by atoms with Crippen LogP contribution in [-0.4, -0.2) is 24.7 Å². The Labute approximate surface area is 83.4 Å². The van der Waals surface area contributed by atoms with Gasteiger partial charge in [-0.2, -0.15) is 0 Å². The van der Waals surface area contributed by atoms with Crippen LogP contribution in [0.3, 0.4) is 0 Å². The molecule has 4 nitrogen and oxygen atoms in total. The minimum Gasteiger partial charge on any atom is -0.377 e. The summed E-state index contributed by atoms with van der Waals surface area (Å²) in [4.78, 5) is 0. The van der Waals surface area contributed by atoms with E-state index in [0.29, 0.717) is 12.3 Å². The van der Waals surface area contributed by atoms with E-state index in [1.54, 1.807) is 0 Å². The molecule has 80 valence electrons. The van der Waals surface area contributed by atoms with Crippen molar-refractivity contribution in [2.75, 3.05) is 14.2 Å². The molecule has 0 radical (unpaired) electrons. The largest absolute Gasteiger partial charge is 0.377 e. The lowest BCUT2D eigenvalue weighted by molar-refractivity contribution is 0.0568. The first-order valence-corrected chi connectivity index (χ1v) is 6.22. The average molecular weight is 218 g/mol. The zero-order chi connectivity index (χ0) is 10.4. The molecule has 14 heavy (non-hydrogen) atoms. The van der Waals surface area contributed by atoms with Crippen LogP contribution in [0.15, 0.2) is 12.2 Å². The van der Waals surface area contributed by atoms with Crippen molar-refractivity contribution in [1.82, 2.24) is 0 Å². The number of rotatable bonds is 3. The molecule has 0 heterocycles. The van der Waals surface area contributed by atoms with E-state index < -0.39 is 12.9 Å². The van der Waals surface area contributed by atoms with E-state index >= 15 is 0 Å². The fourth-order valence-corrected chi connectivity index (χ4v) is 4.35. The normalized spacial score (nSPS) is 40.8. The Morgan fingerprint density at radius 3 is 2.43 bits per heavy atom. The summed E-state index contributed by atoms with van der Waals surface area (Å²) in [5.41, 5.74) is 0. The molecule has 1 fully saturated rings. The zero-order valence-electron chi connectivity index (χ0n) is 8.34. The molecule has 3 atom stereocenters. The van der Waals surface area contributed by atoms with Gasteiger partial charge in [0.05, 0.1) is 0 Å². The molecule has 0 saturated heterocycles. The van der Waals surface area contributed by atoms with Crippen LogP contribution < -0.4 is 0 Å². The maximum Gasteiger partial charge on any atom is 0.362 e. The molecule has 0 amide bonds. The lowest BCUT2D eigenvalue weighted by Crippen LogP contribution is -2.34. The second-order valence-corrected chi connectivity index (χ2v) is 6.43. The fraction of sp³-hybridized carbons (Fsp3) is 0.778. The van der Waals surface area contributed by atoms with Crippen molar-refractivity contribution in [3.05, 3.63) is 12.2 Å². The van der Waals surface area contributed by atoms with Crippen LogP contribution in [0.5, 0.6) is 0 Å². The smallest absolute Gasteiger partial charge is 0.362 e. The van der Waals surface area contributed by atoms with Crippen LogP contribution in [0.2, 0.25) is 0 Å². The van der Waals surface area contributed by atoms with Crippen molar-refractivity contribution in [2.45, 2.75) is 18.2 Å². The van der Waals surface area contributed by atoms with Crippen LogP contribution in [0.4, 0.5) is 0 Å². The van der Waals surface area contributed by atoms with E-state index in [1.165, 1.54) is 14.2 Å². The predicted octanol–water partition coefficient (Wildman–Crippen LogP) is 1.76. The van der Waals surface area contributed by atoms with Crippen molar-refractivity contribution in [3.8, 4) is 0 Å². The zero-order valence-corrected chi connectivity index (χ0v) is 9.24. The Balaban J connectivity index is 2.33. The van der Waals surface area contributed by atoms with Gasteiger partial charge in [-0.05, 0) is 18.8 Å². The summed E-state index contributed by atoms with van der Waals surface area (Å²) in [5.74, 6) is 0.238. The van der Waals surface area contributed by atoms with Crippen LogP contribution in [0.1, 0.15) is 12.8 Å². The topological polar surface area (TPSA) is 55.8 Å². The molecule has 2 aliphatic rings. The van der Waals surface area contributed by atoms with E-state index in [0.717, 1.165) is 6.42 Å². The molecule has 0 spiro atoms. The minimum absolute atomic E-state index is 0.0850. The van der Waals surface area contributed by atoms with Gasteiger partial charge in [0.1, 0.15) is 0 Å². The molecule has 0 aromatic rings. The van der Waals surface area contributed by atoms with Crippen molar-refractivity contribution in [3.63, 3.8) is 0 Å². The summed E-state index contributed by atoms with van der Waals surface area (Å²) < 4.78 is 21.9. The highest BCUT2D eigenvalue weighted by Gasteiger charge is 2.59. The number of allylic oxidation sites excluding steroid dienone is 1. The molecule has 0 aromatic heterocycles. The molecule has 5 heteroatoms. The van der Waals surface area contributed by atoms with E-state index in [9.17, 15) is 9.67 Å². The quantitative estimate of drug-likeness (QED) is 0.579. The molecule has 2 aliphatic carbocycles. The average Bonchev–Trinajstić information content (AvgIpc) is 2.76. The number of hydrogen-bond acceptors (Lipinski definition) is 4. The Bertz CT molecular complexity index is 306. The second kappa shape index (κ2) is 3.17. The summed E-state index contributed by atoms with van der Waals surface area (Å²) in [5, 5.41) is 9.03. The highest BCUT2D eigenvalue weighted by atomic mass is 31.2. The van der Waals surface area contributed by atoms with Crippen molar-refractivity contribution >= 4 is 7.60 Å². The van der Waals surface area contributed by atoms with Crippen LogP contribution in [0, 0.1) is 11.8 Å². The number of fused-ring (bicyclic) bond motifs is 2. The monoisotopic (exact) mass is 218 g/mol. The van der Waals surface area contributed by atoms with Crippen LogP contribution in [-0.2, 0) is 13.6 Å². The van der Waals surface area contributed by atoms with Gasteiger partial charge in [0, 0.05) is 20.1 Å². The van der Waals surface area contributed by atoms with E-state index in [4.69, 9.17) is 9.05 Å². The van der Waals surface area contributed by atoms with Crippen molar-refractivity contribution < 1.29 is 18.7 Å². The molecular formula is C9H15O4P. The molecule has 1 saturated carbocycles. The summed E-state index contributed by atoms with van der Waals surface area (Å²) in [6.45, 7) is 0. The Hall–Kier alpha value is -0.150. The van der Waals surface area contributed by atoms with Gasteiger partial charge < -0.3 is 14.2 Å². The van der Waals surface area contributed by atoms with E-state index in [-0.39, 0.29) is 5.92 Å². The molecule has 0 unspecified atom stereocenters. The highest BCUT2D eigenvalue weighted by Crippen LogP contribution is 2.68. The predicted molar refractivity (Wildman–Crippen MR) is 51.9 cm³/mol. The Kier molecular flexibility index (Phi) is 2.35. The second-order valence-electron chi connectivity index (χ2n) is 3.93. The molecule has 2 rings (SSSR count). The third kappa shape index (κ3) is 1.15. The maximum atomic E-state index is 12.1. The van der Waals surface area contributed by atoms with Gasteiger partial charge in [0.25, 0.3) is 0 Å². The van der Waals surface area contributed by atoms with Gasteiger partial charge in [0.15, 0.2) is 5.34 Å². The third-order valence-corrected chi connectivity index (χ3v) is 5.71. The molecule has 2 bridgehead atoms. The Morgan fingerprint density at radius 1 is 1.43 bits per heavy atom. The molecule has 0 aliphatic heterocycles. The number of hydrogen-bond donors (Lipinski definition) is 1. The SMILES string of the molecule is COP(=O)(OC)[C@@]1(O)C[C@@H]2C=C[C@H]1C2. The third-order valence-electron chi connectivity index (χ3n) is 3.28. The van der Waals surface area contributed by atoms with Gasteiger partial charge in [-0.15, -0.1) is 0 Å². The van der Waals surface area contributed by atoms with Gasteiger partial charge in [0.2, 0.25) is 0 Å². The molecule has 1 N–H and O–H groups in total. The van der Waals surface area contributed by atoms with Gasteiger partial charge in [-0.1, -0.05) is 12.2 Å². The van der Waals surface area contributed by atoms with Gasteiger partial charge in [-0.25, -0.2) is 0 Å². The Morgan fingerprint density at radius 2 is 2.07 bits per heavy atom.